The van der Waals surface area contributed by atoms with Gasteiger partial charge in [-0.05, 0) is 49.4 Å². The van der Waals surface area contributed by atoms with E-state index in [-0.39, 0.29) is 6.10 Å². The molecule has 15 heavy (non-hydrogen) atoms. The molecule has 0 saturated heterocycles. The van der Waals surface area contributed by atoms with Crippen LogP contribution in [-0.2, 0) is 0 Å². The Morgan fingerprint density at radius 3 is 2.20 bits per heavy atom. The Balaban J connectivity index is 1.61. The molecule has 3 unspecified atom stereocenters. The van der Waals surface area contributed by atoms with Gasteiger partial charge in [0, 0.05) is 5.25 Å². The summed E-state index contributed by atoms with van der Waals surface area (Å²) in [5.74, 6) is 4.54. The summed E-state index contributed by atoms with van der Waals surface area (Å²) in [5, 5.41) is 10.1. The van der Waals surface area contributed by atoms with Gasteiger partial charge in [-0.15, -0.1) is 0 Å². The maximum Gasteiger partial charge on any atom is 0.105 e. The summed E-state index contributed by atoms with van der Waals surface area (Å²) in [7, 11) is 2.40. The average molecular weight is 224 g/mol. The van der Waals surface area contributed by atoms with Crippen molar-refractivity contribution in [2.45, 2.75) is 49.3 Å². The van der Waals surface area contributed by atoms with Crippen LogP contribution in [0.2, 0.25) is 5.82 Å². The van der Waals surface area contributed by atoms with Crippen LogP contribution in [0.1, 0.15) is 32.1 Å². The first kappa shape index (κ1) is 10.5. The van der Waals surface area contributed by atoms with E-state index in [1.54, 1.807) is 0 Å². The van der Waals surface area contributed by atoms with E-state index in [4.69, 9.17) is 0 Å². The van der Waals surface area contributed by atoms with E-state index in [1.165, 1.54) is 19.3 Å². The second kappa shape index (κ2) is 3.70. The minimum Gasteiger partial charge on any atom is -0.393 e. The van der Waals surface area contributed by atoms with Crippen LogP contribution >= 0.6 is 12.6 Å². The molecule has 1 N–H and O–H groups in total. The molecule has 0 aliphatic heterocycles. The monoisotopic (exact) mass is 224 g/mol. The number of thiol groups is 1. The zero-order valence-electron chi connectivity index (χ0n) is 9.47. The van der Waals surface area contributed by atoms with Crippen molar-refractivity contribution < 1.29 is 5.11 Å². The molecule has 3 aliphatic carbocycles. The molecule has 5 atom stereocenters. The Hall–Kier alpha value is 0.375. The number of hydrogen-bond donors (Lipinski definition) is 2. The van der Waals surface area contributed by atoms with E-state index in [0.717, 1.165) is 42.3 Å². The normalized spacial score (nSPS) is 58.9. The van der Waals surface area contributed by atoms with Crippen molar-refractivity contribution >= 4 is 20.5 Å². The molecule has 84 valence electrons. The highest BCUT2D eigenvalue weighted by Gasteiger charge is 2.51. The summed E-state index contributed by atoms with van der Waals surface area (Å²) >= 11 is 4.66. The minimum atomic E-state index is 0.0247. The van der Waals surface area contributed by atoms with E-state index < -0.39 is 0 Å². The number of aliphatic hydroxyl groups excluding tert-OH is 1. The van der Waals surface area contributed by atoms with Crippen LogP contribution in [0.3, 0.4) is 0 Å². The lowest BCUT2D eigenvalue weighted by Crippen LogP contribution is -2.51. The van der Waals surface area contributed by atoms with Crippen LogP contribution in [0.25, 0.3) is 0 Å². The van der Waals surface area contributed by atoms with Crippen molar-refractivity contribution in [1.29, 1.82) is 0 Å². The van der Waals surface area contributed by atoms with Crippen molar-refractivity contribution in [1.82, 2.24) is 0 Å². The Bertz CT molecular complexity index is 254. The molecular formula is C12H21BOS. The van der Waals surface area contributed by atoms with Gasteiger partial charge in [-0.25, -0.2) is 0 Å². The van der Waals surface area contributed by atoms with E-state index >= 15 is 0 Å². The summed E-state index contributed by atoms with van der Waals surface area (Å²) in [6.07, 6.45) is 6.36. The van der Waals surface area contributed by atoms with E-state index in [0.29, 0.717) is 5.25 Å². The Kier molecular flexibility index (Phi) is 2.59. The van der Waals surface area contributed by atoms with Crippen molar-refractivity contribution in [2.75, 3.05) is 0 Å². The van der Waals surface area contributed by atoms with Gasteiger partial charge in [0.05, 0.1) is 6.10 Å². The number of rotatable bonds is 2. The van der Waals surface area contributed by atoms with Crippen LogP contribution in [-0.4, -0.2) is 24.3 Å². The van der Waals surface area contributed by atoms with Crippen molar-refractivity contribution in [3.05, 3.63) is 0 Å². The van der Waals surface area contributed by atoms with Gasteiger partial charge in [-0.2, -0.15) is 12.6 Å². The quantitative estimate of drug-likeness (QED) is 0.538. The first-order chi connectivity index (χ1) is 7.16. The first-order valence-corrected chi connectivity index (χ1v) is 7.04. The molecule has 0 aromatic carbocycles. The molecular weight excluding hydrogens is 203 g/mol. The standard InChI is InChI=1S/C12H21BOS/c13-10-5-9(8-1-2-11(8)15)12(10)6-3-7(14)4-6/h6-12,14-15H,1-5,13H2/t6?,7?,8-,9+,10?,11?,12?/m0/s1. The maximum atomic E-state index is 9.41. The van der Waals surface area contributed by atoms with E-state index in [1.807, 2.05) is 0 Å². The van der Waals surface area contributed by atoms with Crippen LogP contribution in [0.4, 0.5) is 0 Å². The summed E-state index contributed by atoms with van der Waals surface area (Å²) in [5.41, 5.74) is 0. The summed E-state index contributed by atoms with van der Waals surface area (Å²) in [4.78, 5) is 0. The molecule has 3 aliphatic rings. The molecule has 0 bridgehead atoms. The predicted octanol–water partition coefficient (Wildman–Crippen LogP) is 1.52. The van der Waals surface area contributed by atoms with Crippen LogP contribution in [0.15, 0.2) is 0 Å². The smallest absolute Gasteiger partial charge is 0.105 e. The predicted molar refractivity (Wildman–Crippen MR) is 68.1 cm³/mol. The fraction of sp³-hybridized carbons (Fsp3) is 1.00. The lowest BCUT2D eigenvalue weighted by molar-refractivity contribution is -0.0579. The Morgan fingerprint density at radius 1 is 1.07 bits per heavy atom. The largest absolute Gasteiger partial charge is 0.393 e. The highest BCUT2D eigenvalue weighted by molar-refractivity contribution is 7.81. The van der Waals surface area contributed by atoms with E-state index in [2.05, 4.69) is 20.5 Å². The van der Waals surface area contributed by atoms with Crippen LogP contribution < -0.4 is 0 Å². The third-order valence-electron chi connectivity index (χ3n) is 5.33. The third kappa shape index (κ3) is 1.58. The zero-order valence-corrected chi connectivity index (χ0v) is 10.4. The summed E-state index contributed by atoms with van der Waals surface area (Å²) in [6, 6.07) is 0. The lowest BCUT2D eigenvalue weighted by atomic mass is 9.45. The van der Waals surface area contributed by atoms with Crippen molar-refractivity contribution in [3.63, 3.8) is 0 Å². The molecule has 0 radical (unpaired) electrons. The molecule has 0 amide bonds. The average Bonchev–Trinajstić information content (AvgIpc) is 2.12. The highest BCUT2D eigenvalue weighted by atomic mass is 32.1. The van der Waals surface area contributed by atoms with E-state index in [9.17, 15) is 5.11 Å². The maximum absolute atomic E-state index is 9.41. The molecule has 0 spiro atoms. The molecule has 3 saturated carbocycles. The van der Waals surface area contributed by atoms with Gasteiger partial charge in [-0.1, -0.05) is 12.2 Å². The van der Waals surface area contributed by atoms with Crippen molar-refractivity contribution in [2.24, 2.45) is 23.7 Å². The van der Waals surface area contributed by atoms with Gasteiger partial charge in [0.1, 0.15) is 7.85 Å². The molecule has 1 nitrogen and oxygen atoms in total. The molecule has 3 fully saturated rings. The van der Waals surface area contributed by atoms with Gasteiger partial charge < -0.3 is 5.11 Å². The third-order valence-corrected chi connectivity index (χ3v) is 5.97. The molecule has 3 rings (SSSR count). The first-order valence-electron chi connectivity index (χ1n) is 6.53. The topological polar surface area (TPSA) is 20.2 Å². The highest BCUT2D eigenvalue weighted by Crippen LogP contribution is 2.59. The Labute approximate surface area is 98.8 Å². The molecule has 3 heteroatoms. The zero-order chi connectivity index (χ0) is 10.6. The second-order valence-electron chi connectivity index (χ2n) is 6.15. The molecule has 0 aromatic rings. The Morgan fingerprint density at radius 2 is 1.80 bits per heavy atom. The van der Waals surface area contributed by atoms with Gasteiger partial charge in [-0.3, -0.25) is 0 Å². The molecule has 0 aromatic heterocycles. The van der Waals surface area contributed by atoms with Gasteiger partial charge in [0.15, 0.2) is 0 Å². The van der Waals surface area contributed by atoms with Crippen LogP contribution in [0, 0.1) is 23.7 Å². The summed E-state index contributed by atoms with van der Waals surface area (Å²) in [6.45, 7) is 0. The van der Waals surface area contributed by atoms with Gasteiger partial charge in [0.2, 0.25) is 0 Å². The molecule has 0 heterocycles. The lowest BCUT2D eigenvalue weighted by Gasteiger charge is -2.57. The van der Waals surface area contributed by atoms with Crippen LogP contribution in [0.5, 0.6) is 0 Å². The number of aliphatic hydroxyl groups is 1. The fourth-order valence-corrected chi connectivity index (χ4v) is 4.72. The SMILES string of the molecule is BC1C[C@H]([C@@H]2CCC2S)C1C1CC(O)C1. The summed E-state index contributed by atoms with van der Waals surface area (Å²) < 4.78 is 0. The van der Waals surface area contributed by atoms with Crippen molar-refractivity contribution in [3.8, 4) is 0 Å². The fourth-order valence-electron chi connectivity index (χ4n) is 4.20. The minimum absolute atomic E-state index is 0.0247. The van der Waals surface area contributed by atoms with Gasteiger partial charge in [0.25, 0.3) is 0 Å². The second-order valence-corrected chi connectivity index (χ2v) is 6.81. The number of hydrogen-bond acceptors (Lipinski definition) is 2. The van der Waals surface area contributed by atoms with Gasteiger partial charge >= 0.3 is 0 Å².